The Hall–Kier alpha value is -1.36. The van der Waals surface area contributed by atoms with Crippen LogP contribution in [0.4, 0.5) is 0 Å². The van der Waals surface area contributed by atoms with E-state index in [0.717, 1.165) is 36.9 Å². The van der Waals surface area contributed by atoms with Gasteiger partial charge in [0.15, 0.2) is 0 Å². The highest BCUT2D eigenvalue weighted by Crippen LogP contribution is 2.28. The summed E-state index contributed by atoms with van der Waals surface area (Å²) in [5.74, 6) is 0.0417. The Morgan fingerprint density at radius 3 is 2.83 bits per heavy atom. The summed E-state index contributed by atoms with van der Waals surface area (Å²) in [6.07, 6.45) is 7.64. The summed E-state index contributed by atoms with van der Waals surface area (Å²) in [6.45, 7) is 2.47. The third-order valence-electron chi connectivity index (χ3n) is 3.77. The minimum Gasteiger partial charge on any atom is -0.352 e. The fourth-order valence-corrected chi connectivity index (χ4v) is 2.56. The summed E-state index contributed by atoms with van der Waals surface area (Å²) in [6, 6.07) is 0. The van der Waals surface area contributed by atoms with Crippen LogP contribution in [0.5, 0.6) is 0 Å². The number of aromatic nitrogens is 2. The lowest BCUT2D eigenvalue weighted by Crippen LogP contribution is -2.45. The minimum absolute atomic E-state index is 0.0417. The predicted molar refractivity (Wildman–Crippen MR) is 69.8 cm³/mol. The highest BCUT2D eigenvalue weighted by Gasteiger charge is 2.29. The fraction of sp³-hybridized carbons (Fsp3) is 0.692. The van der Waals surface area contributed by atoms with Crippen LogP contribution in [0.2, 0.25) is 0 Å². The van der Waals surface area contributed by atoms with E-state index in [1.807, 2.05) is 6.92 Å². The highest BCUT2D eigenvalue weighted by atomic mass is 16.1. The summed E-state index contributed by atoms with van der Waals surface area (Å²) in [5, 5.41) is 9.70. The van der Waals surface area contributed by atoms with Crippen LogP contribution in [0.15, 0.2) is 6.20 Å². The van der Waals surface area contributed by atoms with Crippen molar-refractivity contribution in [2.45, 2.75) is 57.5 Å². The molecule has 4 N–H and O–H groups in total. The zero-order valence-electron chi connectivity index (χ0n) is 11.0. The SMILES string of the molecule is Cc1[nH]ncc1CNC(=O)CC1(N)CCCCC1. The second-order valence-electron chi connectivity index (χ2n) is 5.40. The van der Waals surface area contributed by atoms with Crippen molar-refractivity contribution in [3.05, 3.63) is 17.5 Å². The van der Waals surface area contributed by atoms with Gasteiger partial charge < -0.3 is 11.1 Å². The average molecular weight is 250 g/mol. The van der Waals surface area contributed by atoms with Crippen LogP contribution in [0.25, 0.3) is 0 Å². The molecule has 2 rings (SSSR count). The molecule has 1 saturated carbocycles. The molecule has 1 aromatic heterocycles. The van der Waals surface area contributed by atoms with Gasteiger partial charge in [0.2, 0.25) is 5.91 Å². The van der Waals surface area contributed by atoms with Crippen LogP contribution in [0.3, 0.4) is 0 Å². The topological polar surface area (TPSA) is 83.8 Å². The number of amides is 1. The molecule has 0 aromatic carbocycles. The van der Waals surface area contributed by atoms with Crippen molar-refractivity contribution < 1.29 is 4.79 Å². The van der Waals surface area contributed by atoms with Crippen molar-refractivity contribution in [3.63, 3.8) is 0 Å². The first-order chi connectivity index (χ1) is 8.59. The van der Waals surface area contributed by atoms with Crippen molar-refractivity contribution in [2.24, 2.45) is 5.73 Å². The molecule has 1 aromatic rings. The van der Waals surface area contributed by atoms with E-state index in [1.54, 1.807) is 6.20 Å². The number of nitrogens with zero attached hydrogens (tertiary/aromatic N) is 1. The van der Waals surface area contributed by atoms with Gasteiger partial charge in [0, 0.05) is 29.8 Å². The zero-order chi connectivity index (χ0) is 13.0. The quantitative estimate of drug-likeness (QED) is 0.755. The number of carbonyl (C=O) groups is 1. The standard InChI is InChI=1S/C13H22N4O/c1-10-11(9-16-17-10)8-15-12(18)7-13(14)5-3-2-4-6-13/h9H,2-8,14H2,1H3,(H,15,18)(H,16,17). The molecule has 0 unspecified atom stereocenters. The van der Waals surface area contributed by atoms with Crippen molar-refractivity contribution in [1.82, 2.24) is 15.5 Å². The van der Waals surface area contributed by atoms with Crippen molar-refractivity contribution in [1.29, 1.82) is 0 Å². The monoisotopic (exact) mass is 250 g/mol. The normalized spacial score (nSPS) is 18.6. The van der Waals surface area contributed by atoms with Gasteiger partial charge in [-0.2, -0.15) is 5.10 Å². The number of carbonyl (C=O) groups excluding carboxylic acids is 1. The Morgan fingerprint density at radius 2 is 2.22 bits per heavy atom. The smallest absolute Gasteiger partial charge is 0.222 e. The number of aryl methyl sites for hydroxylation is 1. The molecule has 1 fully saturated rings. The molecular weight excluding hydrogens is 228 g/mol. The van der Waals surface area contributed by atoms with Crippen LogP contribution in [-0.2, 0) is 11.3 Å². The van der Waals surface area contributed by atoms with Gasteiger partial charge in [-0.3, -0.25) is 9.89 Å². The van der Waals surface area contributed by atoms with Gasteiger partial charge >= 0.3 is 0 Å². The van der Waals surface area contributed by atoms with E-state index in [4.69, 9.17) is 5.73 Å². The molecule has 1 aliphatic rings. The Kier molecular flexibility index (Phi) is 4.01. The van der Waals surface area contributed by atoms with E-state index in [0.29, 0.717) is 13.0 Å². The Labute approximate surface area is 108 Å². The van der Waals surface area contributed by atoms with E-state index >= 15 is 0 Å². The number of rotatable bonds is 4. The molecule has 18 heavy (non-hydrogen) atoms. The number of H-pyrrole nitrogens is 1. The zero-order valence-corrected chi connectivity index (χ0v) is 11.0. The van der Waals surface area contributed by atoms with Crippen molar-refractivity contribution in [2.75, 3.05) is 0 Å². The van der Waals surface area contributed by atoms with E-state index in [-0.39, 0.29) is 11.4 Å². The Balaban J connectivity index is 1.80. The second-order valence-corrected chi connectivity index (χ2v) is 5.40. The van der Waals surface area contributed by atoms with E-state index in [9.17, 15) is 4.79 Å². The second kappa shape index (κ2) is 5.52. The first kappa shape index (κ1) is 13.1. The van der Waals surface area contributed by atoms with Crippen molar-refractivity contribution >= 4 is 5.91 Å². The van der Waals surface area contributed by atoms with Crippen LogP contribution < -0.4 is 11.1 Å². The van der Waals surface area contributed by atoms with Gasteiger partial charge in [0.25, 0.3) is 0 Å². The molecule has 0 atom stereocenters. The van der Waals surface area contributed by atoms with Gasteiger partial charge in [0.05, 0.1) is 6.20 Å². The number of hydrogen-bond donors (Lipinski definition) is 3. The maximum Gasteiger partial charge on any atom is 0.222 e. The largest absolute Gasteiger partial charge is 0.352 e. The molecular formula is C13H22N4O. The van der Waals surface area contributed by atoms with E-state index in [1.165, 1.54) is 6.42 Å². The third kappa shape index (κ3) is 3.32. The lowest BCUT2D eigenvalue weighted by Gasteiger charge is -2.32. The molecule has 5 heteroatoms. The van der Waals surface area contributed by atoms with Crippen molar-refractivity contribution in [3.8, 4) is 0 Å². The molecule has 0 saturated heterocycles. The molecule has 5 nitrogen and oxygen atoms in total. The lowest BCUT2D eigenvalue weighted by atomic mass is 9.80. The number of nitrogens with one attached hydrogen (secondary N) is 2. The molecule has 0 bridgehead atoms. The molecule has 1 heterocycles. The third-order valence-corrected chi connectivity index (χ3v) is 3.77. The molecule has 100 valence electrons. The van der Waals surface area contributed by atoms with Gasteiger partial charge in [-0.05, 0) is 19.8 Å². The number of hydrogen-bond acceptors (Lipinski definition) is 3. The van der Waals surface area contributed by atoms with Crippen LogP contribution in [-0.4, -0.2) is 21.6 Å². The summed E-state index contributed by atoms with van der Waals surface area (Å²) >= 11 is 0. The van der Waals surface area contributed by atoms with Gasteiger partial charge in [-0.1, -0.05) is 19.3 Å². The first-order valence-electron chi connectivity index (χ1n) is 6.63. The number of aromatic amines is 1. The van der Waals surface area contributed by atoms with Gasteiger partial charge in [-0.15, -0.1) is 0 Å². The molecule has 0 spiro atoms. The average Bonchev–Trinajstić information content (AvgIpc) is 2.72. The van der Waals surface area contributed by atoms with Gasteiger partial charge in [0.1, 0.15) is 0 Å². The van der Waals surface area contributed by atoms with E-state index in [2.05, 4.69) is 15.5 Å². The van der Waals surface area contributed by atoms with Crippen LogP contribution >= 0.6 is 0 Å². The van der Waals surface area contributed by atoms with Crippen LogP contribution in [0.1, 0.15) is 49.8 Å². The summed E-state index contributed by atoms with van der Waals surface area (Å²) in [4.78, 5) is 11.9. The molecule has 0 aliphatic heterocycles. The predicted octanol–water partition coefficient (Wildman–Crippen LogP) is 1.39. The Morgan fingerprint density at radius 1 is 1.50 bits per heavy atom. The summed E-state index contributed by atoms with van der Waals surface area (Å²) in [5.41, 5.74) is 8.00. The maximum atomic E-state index is 11.9. The summed E-state index contributed by atoms with van der Waals surface area (Å²) in [7, 11) is 0. The highest BCUT2D eigenvalue weighted by molar-refractivity contribution is 5.77. The lowest BCUT2D eigenvalue weighted by molar-refractivity contribution is -0.122. The molecule has 0 radical (unpaired) electrons. The van der Waals surface area contributed by atoms with Crippen LogP contribution in [0, 0.1) is 6.92 Å². The summed E-state index contributed by atoms with van der Waals surface area (Å²) < 4.78 is 0. The van der Waals surface area contributed by atoms with Gasteiger partial charge in [-0.25, -0.2) is 0 Å². The molecule has 1 amide bonds. The maximum absolute atomic E-state index is 11.9. The Bertz CT molecular complexity index is 407. The fourth-order valence-electron chi connectivity index (χ4n) is 2.56. The van der Waals surface area contributed by atoms with E-state index < -0.39 is 0 Å². The molecule has 1 aliphatic carbocycles. The first-order valence-corrected chi connectivity index (χ1v) is 6.63. The number of nitrogens with two attached hydrogens (primary N) is 1. The minimum atomic E-state index is -0.284.